The Hall–Kier alpha value is -2.77. The number of aryl methyl sites for hydroxylation is 2. The molecule has 0 bridgehead atoms. The number of hydrogen-bond donors (Lipinski definition) is 1. The SMILES string of the molecule is CSc1ccccc1NC(=O)CN(c1ccc(C)cc1C)S(=O)(=O)c1ccccc1. The van der Waals surface area contributed by atoms with Crippen molar-refractivity contribution >= 4 is 39.1 Å². The standard InChI is InChI=1S/C23H24N2O3S2/c1-17-13-14-21(18(2)15-17)25(30(27,28)19-9-5-4-6-10-19)16-23(26)24-20-11-7-8-12-22(20)29-3/h4-15H,16H2,1-3H3,(H,24,26). The van der Waals surface area contributed by atoms with Gasteiger partial charge in [-0.15, -0.1) is 11.8 Å². The lowest BCUT2D eigenvalue weighted by molar-refractivity contribution is -0.114. The molecule has 0 fully saturated rings. The zero-order valence-electron chi connectivity index (χ0n) is 17.1. The molecule has 5 nitrogen and oxygen atoms in total. The summed E-state index contributed by atoms with van der Waals surface area (Å²) in [4.78, 5) is 13.9. The first-order chi connectivity index (χ1) is 14.3. The monoisotopic (exact) mass is 440 g/mol. The molecule has 7 heteroatoms. The topological polar surface area (TPSA) is 66.5 Å². The fourth-order valence-corrected chi connectivity index (χ4v) is 5.23. The summed E-state index contributed by atoms with van der Waals surface area (Å²) in [7, 11) is -3.93. The van der Waals surface area contributed by atoms with Gasteiger partial charge in [-0.1, -0.05) is 48.0 Å². The smallest absolute Gasteiger partial charge is 0.264 e. The van der Waals surface area contributed by atoms with Crippen LogP contribution in [-0.2, 0) is 14.8 Å². The number of rotatable bonds is 7. The van der Waals surface area contributed by atoms with Crippen LogP contribution in [0.2, 0.25) is 0 Å². The maximum Gasteiger partial charge on any atom is 0.264 e. The molecule has 30 heavy (non-hydrogen) atoms. The first-order valence-corrected chi connectivity index (χ1v) is 12.1. The van der Waals surface area contributed by atoms with Gasteiger partial charge in [0.2, 0.25) is 5.91 Å². The predicted octanol–water partition coefficient (Wildman–Crippen LogP) is 4.86. The first kappa shape index (κ1) is 21.9. The number of nitrogens with one attached hydrogen (secondary N) is 1. The normalized spacial score (nSPS) is 11.2. The van der Waals surface area contributed by atoms with Crippen LogP contribution < -0.4 is 9.62 Å². The Morgan fingerprint density at radius 3 is 2.30 bits per heavy atom. The number of thioether (sulfide) groups is 1. The predicted molar refractivity (Wildman–Crippen MR) is 124 cm³/mol. The first-order valence-electron chi connectivity index (χ1n) is 9.41. The number of anilines is 2. The Bertz CT molecular complexity index is 1150. The fourth-order valence-electron chi connectivity index (χ4n) is 3.17. The molecule has 0 aliphatic carbocycles. The van der Waals surface area contributed by atoms with Gasteiger partial charge in [0.25, 0.3) is 10.0 Å². The minimum absolute atomic E-state index is 0.141. The van der Waals surface area contributed by atoms with Crippen LogP contribution in [0.4, 0.5) is 11.4 Å². The lowest BCUT2D eigenvalue weighted by Gasteiger charge is -2.26. The summed E-state index contributed by atoms with van der Waals surface area (Å²) in [5.41, 5.74) is 2.95. The van der Waals surface area contributed by atoms with Crippen LogP contribution in [0, 0.1) is 13.8 Å². The average Bonchev–Trinajstić information content (AvgIpc) is 2.73. The molecule has 0 saturated heterocycles. The summed E-state index contributed by atoms with van der Waals surface area (Å²) in [6.07, 6.45) is 1.92. The Labute approximate surface area is 182 Å². The maximum atomic E-state index is 13.4. The lowest BCUT2D eigenvalue weighted by atomic mass is 10.1. The second-order valence-electron chi connectivity index (χ2n) is 6.86. The zero-order chi connectivity index (χ0) is 21.7. The molecule has 1 N–H and O–H groups in total. The van der Waals surface area contributed by atoms with E-state index < -0.39 is 15.9 Å². The molecule has 3 rings (SSSR count). The van der Waals surface area contributed by atoms with Gasteiger partial charge < -0.3 is 5.32 Å². The molecule has 1 amide bonds. The lowest BCUT2D eigenvalue weighted by Crippen LogP contribution is -2.38. The van der Waals surface area contributed by atoms with Gasteiger partial charge in [-0.05, 0) is 56.0 Å². The van der Waals surface area contributed by atoms with E-state index in [0.29, 0.717) is 11.4 Å². The number of amides is 1. The molecular weight excluding hydrogens is 416 g/mol. The van der Waals surface area contributed by atoms with Crippen molar-refractivity contribution in [3.8, 4) is 0 Å². The van der Waals surface area contributed by atoms with Crippen LogP contribution in [0.5, 0.6) is 0 Å². The van der Waals surface area contributed by atoms with Gasteiger partial charge >= 0.3 is 0 Å². The Balaban J connectivity index is 1.98. The minimum atomic E-state index is -3.93. The van der Waals surface area contributed by atoms with E-state index in [2.05, 4.69) is 5.32 Å². The average molecular weight is 441 g/mol. The van der Waals surface area contributed by atoms with Gasteiger partial charge in [0, 0.05) is 4.90 Å². The molecule has 0 unspecified atom stereocenters. The van der Waals surface area contributed by atoms with Gasteiger partial charge in [-0.2, -0.15) is 0 Å². The van der Waals surface area contributed by atoms with Gasteiger partial charge in [-0.3, -0.25) is 9.10 Å². The van der Waals surface area contributed by atoms with Crippen molar-refractivity contribution in [2.24, 2.45) is 0 Å². The van der Waals surface area contributed by atoms with E-state index >= 15 is 0 Å². The van der Waals surface area contributed by atoms with E-state index in [9.17, 15) is 13.2 Å². The van der Waals surface area contributed by atoms with E-state index in [1.807, 2.05) is 50.4 Å². The molecule has 0 radical (unpaired) electrons. The summed E-state index contributed by atoms with van der Waals surface area (Å²) in [5, 5.41) is 2.85. The van der Waals surface area contributed by atoms with E-state index in [1.54, 1.807) is 30.3 Å². The zero-order valence-corrected chi connectivity index (χ0v) is 18.8. The maximum absolute atomic E-state index is 13.4. The van der Waals surface area contributed by atoms with Crippen LogP contribution >= 0.6 is 11.8 Å². The van der Waals surface area contributed by atoms with E-state index in [0.717, 1.165) is 16.0 Å². The number of benzene rings is 3. The van der Waals surface area contributed by atoms with Crippen LogP contribution in [0.25, 0.3) is 0 Å². The van der Waals surface area contributed by atoms with Crippen molar-refractivity contribution in [2.75, 3.05) is 22.4 Å². The Morgan fingerprint density at radius 1 is 0.967 bits per heavy atom. The number of sulfonamides is 1. The Kier molecular flexibility index (Phi) is 6.84. The van der Waals surface area contributed by atoms with Crippen LogP contribution in [0.3, 0.4) is 0 Å². The summed E-state index contributed by atoms with van der Waals surface area (Å²) >= 11 is 1.51. The number of nitrogens with zero attached hydrogens (tertiary/aromatic N) is 1. The number of para-hydroxylation sites is 1. The van der Waals surface area contributed by atoms with E-state index in [4.69, 9.17) is 0 Å². The molecule has 3 aromatic carbocycles. The molecule has 156 valence electrons. The van der Waals surface area contributed by atoms with Crippen LogP contribution in [0.1, 0.15) is 11.1 Å². The van der Waals surface area contributed by atoms with Crippen LogP contribution in [-0.4, -0.2) is 27.1 Å². The number of carbonyl (C=O) groups excluding carboxylic acids is 1. The van der Waals surface area contributed by atoms with Crippen molar-refractivity contribution < 1.29 is 13.2 Å². The second-order valence-corrected chi connectivity index (χ2v) is 9.57. The molecule has 0 aliphatic heterocycles. The van der Waals surface area contributed by atoms with Gasteiger partial charge in [-0.25, -0.2) is 8.42 Å². The molecule has 0 saturated carbocycles. The van der Waals surface area contributed by atoms with Crippen molar-refractivity contribution in [1.82, 2.24) is 0 Å². The molecular formula is C23H24N2O3S2. The third-order valence-electron chi connectivity index (χ3n) is 4.62. The second kappa shape index (κ2) is 9.36. The summed E-state index contributed by atoms with van der Waals surface area (Å²) in [6.45, 7) is 3.46. The fraction of sp³-hybridized carbons (Fsp3) is 0.174. The number of hydrogen-bond acceptors (Lipinski definition) is 4. The third kappa shape index (κ3) is 4.86. The summed E-state index contributed by atoms with van der Waals surface area (Å²) < 4.78 is 28.0. The van der Waals surface area contributed by atoms with Crippen molar-refractivity contribution in [2.45, 2.75) is 23.6 Å². The van der Waals surface area contributed by atoms with Gasteiger partial charge in [0.1, 0.15) is 6.54 Å². The highest BCUT2D eigenvalue weighted by Crippen LogP contribution is 2.28. The van der Waals surface area contributed by atoms with E-state index in [1.165, 1.54) is 28.2 Å². The molecule has 0 aromatic heterocycles. The molecule has 0 spiro atoms. The third-order valence-corrected chi connectivity index (χ3v) is 7.19. The molecule has 3 aromatic rings. The largest absolute Gasteiger partial charge is 0.323 e. The molecule has 0 atom stereocenters. The quantitative estimate of drug-likeness (QED) is 0.533. The molecule has 0 heterocycles. The van der Waals surface area contributed by atoms with Gasteiger partial charge in [0.05, 0.1) is 16.3 Å². The van der Waals surface area contributed by atoms with Gasteiger partial charge in [0.15, 0.2) is 0 Å². The highest BCUT2D eigenvalue weighted by atomic mass is 32.2. The molecule has 0 aliphatic rings. The van der Waals surface area contributed by atoms with Crippen molar-refractivity contribution in [3.05, 3.63) is 83.9 Å². The number of carbonyl (C=O) groups is 1. The minimum Gasteiger partial charge on any atom is -0.323 e. The summed E-state index contributed by atoms with van der Waals surface area (Å²) in [5.74, 6) is -0.406. The van der Waals surface area contributed by atoms with Crippen molar-refractivity contribution in [1.29, 1.82) is 0 Å². The summed E-state index contributed by atoms with van der Waals surface area (Å²) in [6, 6.07) is 21.1. The van der Waals surface area contributed by atoms with E-state index in [-0.39, 0.29) is 11.4 Å². The van der Waals surface area contributed by atoms with Crippen molar-refractivity contribution in [3.63, 3.8) is 0 Å². The Morgan fingerprint density at radius 2 is 1.63 bits per heavy atom. The highest BCUT2D eigenvalue weighted by Gasteiger charge is 2.28. The highest BCUT2D eigenvalue weighted by molar-refractivity contribution is 7.98. The van der Waals surface area contributed by atoms with Crippen LogP contribution in [0.15, 0.2) is 82.6 Å².